The highest BCUT2D eigenvalue weighted by Crippen LogP contribution is 2.09. The molecular formula is C12H18O2. The maximum Gasteiger partial charge on any atom is 0.160 e. The molecule has 1 rings (SSSR count). The summed E-state index contributed by atoms with van der Waals surface area (Å²) in [4.78, 5) is 11.2. The second kappa shape index (κ2) is 5.76. The Kier molecular flexibility index (Phi) is 4.60. The largest absolute Gasteiger partial charge is 0.373 e. The van der Waals surface area contributed by atoms with Crippen LogP contribution in [-0.2, 0) is 9.53 Å². The molecule has 0 unspecified atom stereocenters. The third kappa shape index (κ3) is 3.88. The molecule has 1 aliphatic rings. The summed E-state index contributed by atoms with van der Waals surface area (Å²) in [6.07, 6.45) is 9.51. The Labute approximate surface area is 85.6 Å². The third-order valence-corrected chi connectivity index (χ3v) is 2.24. The Morgan fingerprint density at radius 3 is 2.64 bits per heavy atom. The first-order valence-corrected chi connectivity index (χ1v) is 5.14. The van der Waals surface area contributed by atoms with E-state index >= 15 is 0 Å². The van der Waals surface area contributed by atoms with E-state index in [1.165, 1.54) is 0 Å². The Bertz CT molecular complexity index is 227. The van der Waals surface area contributed by atoms with Crippen LogP contribution in [0.2, 0.25) is 0 Å². The Balaban J connectivity index is 2.15. The van der Waals surface area contributed by atoms with Crippen molar-refractivity contribution in [2.75, 3.05) is 13.2 Å². The predicted octanol–water partition coefficient (Wildman–Crippen LogP) is 2.36. The van der Waals surface area contributed by atoms with Gasteiger partial charge in [-0.2, -0.15) is 0 Å². The molecule has 0 fully saturated rings. The molecule has 14 heavy (non-hydrogen) atoms. The molecular weight excluding hydrogens is 176 g/mol. The van der Waals surface area contributed by atoms with Gasteiger partial charge in [0.05, 0.1) is 6.61 Å². The SMILES string of the molecule is CC(C)C(=O)COCC1C=CCC=C1. The minimum atomic E-state index is 0.0763. The first-order chi connectivity index (χ1) is 6.70. The molecule has 0 aromatic carbocycles. The summed E-state index contributed by atoms with van der Waals surface area (Å²) in [5, 5.41) is 0. The van der Waals surface area contributed by atoms with Crippen LogP contribution in [-0.4, -0.2) is 19.0 Å². The van der Waals surface area contributed by atoms with Crippen molar-refractivity contribution in [2.24, 2.45) is 11.8 Å². The maximum atomic E-state index is 11.2. The topological polar surface area (TPSA) is 26.3 Å². The lowest BCUT2D eigenvalue weighted by Gasteiger charge is -2.11. The van der Waals surface area contributed by atoms with Gasteiger partial charge in [-0.05, 0) is 6.42 Å². The summed E-state index contributed by atoms with van der Waals surface area (Å²) in [6.45, 7) is 4.65. The van der Waals surface area contributed by atoms with Crippen LogP contribution < -0.4 is 0 Å². The van der Waals surface area contributed by atoms with Gasteiger partial charge >= 0.3 is 0 Å². The molecule has 0 heterocycles. The van der Waals surface area contributed by atoms with Crippen LogP contribution in [0.25, 0.3) is 0 Å². The van der Waals surface area contributed by atoms with Crippen LogP contribution >= 0.6 is 0 Å². The Morgan fingerprint density at radius 1 is 1.43 bits per heavy atom. The average molecular weight is 194 g/mol. The van der Waals surface area contributed by atoms with Gasteiger partial charge in [0.15, 0.2) is 5.78 Å². The van der Waals surface area contributed by atoms with Gasteiger partial charge in [-0.3, -0.25) is 4.79 Å². The molecule has 0 radical (unpaired) electrons. The van der Waals surface area contributed by atoms with Crippen molar-refractivity contribution >= 4 is 5.78 Å². The van der Waals surface area contributed by atoms with Crippen molar-refractivity contribution in [3.63, 3.8) is 0 Å². The quantitative estimate of drug-likeness (QED) is 0.628. The van der Waals surface area contributed by atoms with Crippen molar-refractivity contribution in [3.8, 4) is 0 Å². The second-order valence-corrected chi connectivity index (χ2v) is 3.89. The molecule has 0 N–H and O–H groups in total. The molecule has 2 nitrogen and oxygen atoms in total. The van der Waals surface area contributed by atoms with Crippen molar-refractivity contribution in [1.82, 2.24) is 0 Å². The van der Waals surface area contributed by atoms with E-state index in [-0.39, 0.29) is 18.3 Å². The molecule has 0 spiro atoms. The van der Waals surface area contributed by atoms with Gasteiger partial charge in [-0.25, -0.2) is 0 Å². The molecule has 1 aliphatic carbocycles. The molecule has 0 aromatic heterocycles. The fraction of sp³-hybridized carbons (Fsp3) is 0.583. The summed E-state index contributed by atoms with van der Waals surface area (Å²) >= 11 is 0. The summed E-state index contributed by atoms with van der Waals surface area (Å²) < 4.78 is 5.34. The van der Waals surface area contributed by atoms with Crippen molar-refractivity contribution < 1.29 is 9.53 Å². The van der Waals surface area contributed by atoms with Crippen LogP contribution in [0.3, 0.4) is 0 Å². The Hall–Kier alpha value is -0.890. The van der Waals surface area contributed by atoms with Gasteiger partial charge in [-0.1, -0.05) is 38.2 Å². The number of hydrogen-bond acceptors (Lipinski definition) is 2. The molecule has 0 saturated heterocycles. The number of ether oxygens (including phenoxy) is 1. The Morgan fingerprint density at radius 2 is 2.07 bits per heavy atom. The van der Waals surface area contributed by atoms with Crippen molar-refractivity contribution in [2.45, 2.75) is 20.3 Å². The zero-order chi connectivity index (χ0) is 10.4. The van der Waals surface area contributed by atoms with Gasteiger partial charge in [0.2, 0.25) is 0 Å². The summed E-state index contributed by atoms with van der Waals surface area (Å²) in [6, 6.07) is 0. The molecule has 0 aliphatic heterocycles. The fourth-order valence-electron chi connectivity index (χ4n) is 1.22. The average Bonchev–Trinajstić information content (AvgIpc) is 2.19. The van der Waals surface area contributed by atoms with Crippen molar-refractivity contribution in [3.05, 3.63) is 24.3 Å². The van der Waals surface area contributed by atoms with Crippen LogP contribution in [0, 0.1) is 11.8 Å². The highest BCUT2D eigenvalue weighted by Gasteiger charge is 2.08. The molecule has 0 amide bonds. The van der Waals surface area contributed by atoms with E-state index < -0.39 is 0 Å². The second-order valence-electron chi connectivity index (χ2n) is 3.89. The fourth-order valence-corrected chi connectivity index (χ4v) is 1.22. The first-order valence-electron chi connectivity index (χ1n) is 5.14. The summed E-state index contributed by atoms with van der Waals surface area (Å²) in [5.41, 5.74) is 0. The zero-order valence-corrected chi connectivity index (χ0v) is 8.90. The van der Waals surface area contributed by atoms with Gasteiger partial charge < -0.3 is 4.74 Å². The number of hydrogen-bond donors (Lipinski definition) is 0. The zero-order valence-electron chi connectivity index (χ0n) is 8.90. The maximum absolute atomic E-state index is 11.2. The van der Waals surface area contributed by atoms with Crippen LogP contribution in [0.4, 0.5) is 0 Å². The standard InChI is InChI=1S/C12H18O2/c1-10(2)12(13)9-14-8-11-6-4-3-5-7-11/h4-7,10-11H,3,8-9H2,1-2H3. The van der Waals surface area contributed by atoms with Gasteiger partial charge in [0.25, 0.3) is 0 Å². The highest BCUT2D eigenvalue weighted by atomic mass is 16.5. The minimum Gasteiger partial charge on any atom is -0.373 e. The minimum absolute atomic E-state index is 0.0763. The molecule has 0 aromatic rings. The molecule has 78 valence electrons. The van der Waals surface area contributed by atoms with Gasteiger partial charge in [0.1, 0.15) is 6.61 Å². The summed E-state index contributed by atoms with van der Waals surface area (Å²) in [7, 11) is 0. The van der Waals surface area contributed by atoms with E-state index in [1.807, 2.05) is 13.8 Å². The smallest absolute Gasteiger partial charge is 0.160 e. The van der Waals surface area contributed by atoms with Gasteiger partial charge in [0, 0.05) is 11.8 Å². The lowest BCUT2D eigenvalue weighted by Crippen LogP contribution is -2.17. The number of allylic oxidation sites excluding steroid dienone is 2. The van der Waals surface area contributed by atoms with E-state index in [1.54, 1.807) is 0 Å². The number of Topliss-reactive ketones (excluding diaryl/α,β-unsaturated/α-hetero) is 1. The highest BCUT2D eigenvalue weighted by molar-refractivity contribution is 5.81. The molecule has 0 saturated carbocycles. The van der Waals surface area contributed by atoms with Gasteiger partial charge in [-0.15, -0.1) is 0 Å². The summed E-state index contributed by atoms with van der Waals surface area (Å²) in [5.74, 6) is 0.602. The van der Waals surface area contributed by atoms with E-state index in [4.69, 9.17) is 4.74 Å². The van der Waals surface area contributed by atoms with E-state index in [0.29, 0.717) is 12.5 Å². The lowest BCUT2D eigenvalue weighted by atomic mass is 10.0. The monoisotopic (exact) mass is 194 g/mol. The lowest BCUT2D eigenvalue weighted by molar-refractivity contribution is -0.126. The molecule has 2 heteroatoms. The molecule has 0 bridgehead atoms. The van der Waals surface area contributed by atoms with E-state index in [9.17, 15) is 4.79 Å². The number of carbonyl (C=O) groups excluding carboxylic acids is 1. The van der Waals surface area contributed by atoms with Crippen LogP contribution in [0.15, 0.2) is 24.3 Å². The predicted molar refractivity (Wildman–Crippen MR) is 57.1 cm³/mol. The third-order valence-electron chi connectivity index (χ3n) is 2.24. The number of ketones is 1. The van der Waals surface area contributed by atoms with E-state index in [2.05, 4.69) is 24.3 Å². The molecule has 0 atom stereocenters. The van der Waals surface area contributed by atoms with Crippen LogP contribution in [0.5, 0.6) is 0 Å². The normalized spacial score (nSPS) is 16.5. The number of carbonyl (C=O) groups is 1. The first kappa shape index (κ1) is 11.2. The van der Waals surface area contributed by atoms with E-state index in [0.717, 1.165) is 6.42 Å². The van der Waals surface area contributed by atoms with Crippen molar-refractivity contribution in [1.29, 1.82) is 0 Å². The number of rotatable bonds is 5. The van der Waals surface area contributed by atoms with Crippen LogP contribution in [0.1, 0.15) is 20.3 Å².